The van der Waals surface area contributed by atoms with Crippen molar-refractivity contribution in [2.24, 2.45) is 0 Å². The second-order valence-corrected chi connectivity index (χ2v) is 13.4. The largest absolute Gasteiger partial charge is 0.475 e. The molecule has 11 atom stereocenters. The number of methoxy groups -OCH3 is 1. The first-order valence-corrected chi connectivity index (χ1v) is 17.2. The lowest BCUT2D eigenvalue weighted by molar-refractivity contribution is -0.273. The molecule has 0 spiro atoms. The molecule has 2 aliphatic rings. The Labute approximate surface area is 279 Å². The van der Waals surface area contributed by atoms with Crippen molar-refractivity contribution in [1.29, 1.82) is 0 Å². The van der Waals surface area contributed by atoms with Gasteiger partial charge in [-0.05, 0) is 6.07 Å². The summed E-state index contributed by atoms with van der Waals surface area (Å²) in [6, 6.07) is -0.0169. The summed E-state index contributed by atoms with van der Waals surface area (Å²) in [5.41, 5.74) is 4.90. The first kappa shape index (κ1) is 40.4. The van der Waals surface area contributed by atoms with E-state index >= 15 is 0 Å². The fourth-order valence-electron chi connectivity index (χ4n) is 4.87. The summed E-state index contributed by atoms with van der Waals surface area (Å²) in [5.74, 6) is -1.94. The number of aliphatic hydroxyl groups excluding tert-OH is 6. The van der Waals surface area contributed by atoms with E-state index in [1.807, 2.05) is 0 Å². The van der Waals surface area contributed by atoms with E-state index in [9.17, 15) is 49.7 Å². The van der Waals surface area contributed by atoms with E-state index in [1.165, 1.54) is 17.8 Å². The summed E-state index contributed by atoms with van der Waals surface area (Å²) < 4.78 is 45.2. The molecule has 22 heteroatoms. The third kappa shape index (κ3) is 10.7. The number of anilines is 1. The highest BCUT2D eigenvalue weighted by Gasteiger charge is 2.55. The lowest BCUT2D eigenvalue weighted by atomic mass is 9.89. The predicted molar refractivity (Wildman–Crippen MR) is 165 cm³/mol. The van der Waals surface area contributed by atoms with Crippen LogP contribution in [0.15, 0.2) is 29.3 Å². The molecule has 2 fully saturated rings. The Balaban J connectivity index is 1.67. The highest BCUT2D eigenvalue weighted by molar-refractivity contribution is 7.99. The molecule has 1 aromatic heterocycles. The van der Waals surface area contributed by atoms with Gasteiger partial charge in [0.15, 0.2) is 12.5 Å². The number of nitrogens with one attached hydrogen (secondary N) is 1. The van der Waals surface area contributed by atoms with Gasteiger partial charge in [-0.3, -0.25) is 13.9 Å². The lowest BCUT2D eigenvalue weighted by Crippen LogP contribution is -2.65. The molecule has 3 heterocycles. The van der Waals surface area contributed by atoms with Crippen LogP contribution in [-0.4, -0.2) is 158 Å². The van der Waals surface area contributed by atoms with Gasteiger partial charge in [0.05, 0.1) is 45.2 Å². The van der Waals surface area contributed by atoms with E-state index in [4.69, 9.17) is 33.7 Å². The van der Waals surface area contributed by atoms with Gasteiger partial charge in [-0.25, -0.2) is 13.9 Å². The summed E-state index contributed by atoms with van der Waals surface area (Å²) in [7, 11) is -3.78. The summed E-state index contributed by atoms with van der Waals surface area (Å²) in [6.45, 7) is 3.31. The van der Waals surface area contributed by atoms with E-state index in [0.29, 0.717) is 37.0 Å². The number of rotatable bonds is 20. The van der Waals surface area contributed by atoms with Crippen LogP contribution in [0.25, 0.3) is 0 Å². The third-order valence-corrected chi connectivity index (χ3v) is 9.30. The first-order valence-electron chi connectivity index (χ1n) is 14.6. The van der Waals surface area contributed by atoms with Gasteiger partial charge < -0.3 is 65.5 Å². The molecule has 5 unspecified atom stereocenters. The van der Waals surface area contributed by atoms with Crippen molar-refractivity contribution >= 4 is 31.7 Å². The molecule has 0 saturated carbocycles. The van der Waals surface area contributed by atoms with E-state index in [-0.39, 0.29) is 12.1 Å². The van der Waals surface area contributed by atoms with Crippen LogP contribution in [0, 0.1) is 0 Å². The number of hydrogen-bond acceptors (Lipinski definition) is 19. The highest BCUT2D eigenvalue weighted by atomic mass is 32.2. The predicted octanol–water partition coefficient (Wildman–Crippen LogP) is -3.79. The number of ether oxygens (including phenoxy) is 4. The van der Waals surface area contributed by atoms with Crippen LogP contribution in [0.3, 0.4) is 0 Å². The molecule has 0 bridgehead atoms. The molecule has 20 nitrogen and oxygen atoms in total. The van der Waals surface area contributed by atoms with Crippen molar-refractivity contribution < 1.29 is 72.9 Å². The number of carbonyl (C=O) groups excluding carboxylic acids is 1. The number of carbonyl (C=O) groups is 1. The topological polar surface area (TPSA) is 304 Å². The second-order valence-electron chi connectivity index (χ2n) is 10.9. The van der Waals surface area contributed by atoms with Crippen molar-refractivity contribution in [1.82, 2.24) is 14.9 Å². The Kier molecular flexibility index (Phi) is 15.4. The van der Waals surface area contributed by atoms with Crippen LogP contribution in [-0.2, 0) is 37.4 Å². The number of nitrogens with zero attached hydrogens (tertiary/aromatic N) is 2. The molecule has 3 rings (SSSR count). The molecule has 2 aliphatic heterocycles. The molecule has 274 valence electrons. The Morgan fingerprint density at radius 1 is 1.31 bits per heavy atom. The normalized spacial score (nSPS) is 31.5. The Morgan fingerprint density at radius 3 is 2.69 bits per heavy atom. The lowest BCUT2D eigenvalue weighted by Gasteiger charge is -2.46. The number of aliphatic hydroxyl groups is 6. The molecule has 2 saturated heterocycles. The SMILES string of the molecule is C=C(CSCCOCCOC)N[C@@H]1C(O)C[C@](C=O)(OP(=O)(O)OCC2OC(n3ccc(N)nc3=O)[C@H](O)[C@@H]2O)OC1[C@H](O)[C@H](O)CO. The molecule has 48 heavy (non-hydrogen) atoms. The van der Waals surface area contributed by atoms with Crippen LogP contribution < -0.4 is 16.7 Å². The number of nitrogen functional groups attached to an aromatic ring is 1. The van der Waals surface area contributed by atoms with Gasteiger partial charge in [-0.15, -0.1) is 0 Å². The third-order valence-electron chi connectivity index (χ3n) is 7.28. The average Bonchev–Trinajstić information content (AvgIpc) is 3.32. The summed E-state index contributed by atoms with van der Waals surface area (Å²) in [4.78, 5) is 38.5. The standard InChI is InChI=1S/C26H43N4O16PS/c1-14(12-48-8-7-42-6-5-41-2)28-19-15(33)9-26(13-32,45-23(19)20(35)16(34)10-31)46-47(39,40)43-11-17-21(36)22(37)24(44-17)30-4-3-18(27)29-25(30)38/h3-4,13,15-17,19-24,28,31,33-37H,1,5-12H2,2H3,(H,39,40)(H2,27,29,38)/t15?,16-,17?,19-,20-,21-,22-,23?,24?,26-/m1/s1. The van der Waals surface area contributed by atoms with Gasteiger partial charge in [0.2, 0.25) is 5.79 Å². The molecule has 0 radical (unpaired) electrons. The van der Waals surface area contributed by atoms with E-state index in [0.717, 1.165) is 10.8 Å². The zero-order valence-electron chi connectivity index (χ0n) is 25.9. The summed E-state index contributed by atoms with van der Waals surface area (Å²) in [5, 5.41) is 65.1. The monoisotopic (exact) mass is 730 g/mol. The molecule has 10 N–H and O–H groups in total. The maximum Gasteiger partial charge on any atom is 0.475 e. The zero-order chi connectivity index (χ0) is 35.6. The Bertz CT molecular complexity index is 1310. The second kappa shape index (κ2) is 18.3. The van der Waals surface area contributed by atoms with E-state index < -0.39 is 93.9 Å². The number of nitrogens with two attached hydrogens (primary N) is 1. The number of thioether (sulfide) groups is 1. The van der Waals surface area contributed by atoms with Crippen LogP contribution >= 0.6 is 19.6 Å². The van der Waals surface area contributed by atoms with E-state index in [2.05, 4.69) is 16.9 Å². The number of aromatic nitrogens is 2. The number of aldehydes is 1. The van der Waals surface area contributed by atoms with Gasteiger partial charge in [-0.2, -0.15) is 16.7 Å². The van der Waals surface area contributed by atoms with Gasteiger partial charge in [0, 0.05) is 36.9 Å². The minimum Gasteiger partial charge on any atom is -0.394 e. The van der Waals surface area contributed by atoms with Crippen LogP contribution in [0.4, 0.5) is 5.82 Å². The maximum atomic E-state index is 13.0. The number of phosphoric acid groups is 1. The Hall–Kier alpha value is -2.05. The first-order chi connectivity index (χ1) is 22.7. The van der Waals surface area contributed by atoms with Crippen molar-refractivity contribution in [3.63, 3.8) is 0 Å². The van der Waals surface area contributed by atoms with Gasteiger partial charge in [0.1, 0.15) is 42.4 Å². The van der Waals surface area contributed by atoms with Crippen molar-refractivity contribution in [2.45, 2.75) is 67.2 Å². The van der Waals surface area contributed by atoms with Crippen molar-refractivity contribution in [3.05, 3.63) is 35.0 Å². The van der Waals surface area contributed by atoms with E-state index in [1.54, 1.807) is 7.11 Å². The van der Waals surface area contributed by atoms with Crippen molar-refractivity contribution in [3.8, 4) is 0 Å². The summed E-state index contributed by atoms with van der Waals surface area (Å²) >= 11 is 1.42. The molecular formula is C26H43N4O16PS. The highest BCUT2D eigenvalue weighted by Crippen LogP contribution is 2.50. The van der Waals surface area contributed by atoms with Crippen LogP contribution in [0.5, 0.6) is 0 Å². The van der Waals surface area contributed by atoms with Gasteiger partial charge >= 0.3 is 13.5 Å². The molecule has 0 amide bonds. The van der Waals surface area contributed by atoms with Gasteiger partial charge in [-0.1, -0.05) is 6.58 Å². The van der Waals surface area contributed by atoms with Crippen LogP contribution in [0.2, 0.25) is 0 Å². The zero-order valence-corrected chi connectivity index (χ0v) is 27.6. The summed E-state index contributed by atoms with van der Waals surface area (Å²) in [6.07, 6.45) is -13.2. The van der Waals surface area contributed by atoms with Crippen LogP contribution in [0.1, 0.15) is 12.6 Å². The number of phosphoric ester groups is 1. The maximum absolute atomic E-state index is 13.0. The quantitative estimate of drug-likeness (QED) is 0.0353. The fraction of sp³-hybridized carbons (Fsp3) is 0.731. The van der Waals surface area contributed by atoms with Crippen molar-refractivity contribution in [2.75, 3.05) is 57.4 Å². The minimum absolute atomic E-state index is 0.0564. The average molecular weight is 731 g/mol. The number of hydrogen-bond donors (Lipinski definition) is 9. The molecular weight excluding hydrogens is 687 g/mol. The minimum atomic E-state index is -5.33. The molecule has 0 aromatic carbocycles. The smallest absolute Gasteiger partial charge is 0.394 e. The van der Waals surface area contributed by atoms with Gasteiger partial charge in [0.25, 0.3) is 0 Å². The Morgan fingerprint density at radius 2 is 2.04 bits per heavy atom. The fourth-order valence-corrected chi connectivity index (χ4v) is 6.52. The molecule has 0 aliphatic carbocycles. The molecule has 1 aromatic rings.